The summed E-state index contributed by atoms with van der Waals surface area (Å²) in [6.45, 7) is 8.63. The molecule has 0 aliphatic heterocycles. The first-order chi connectivity index (χ1) is 9.93. The molecule has 0 spiro atoms. The standard InChI is InChI=1S/C15H24N2O4/c1-5-20-12(8(2)3)13-16-14(21-17-13)10-6-9(4)7-11(10)15(18)19/h8-12H,5-7H2,1-4H3,(H,18,19). The average molecular weight is 296 g/mol. The highest BCUT2D eigenvalue weighted by atomic mass is 16.5. The predicted molar refractivity (Wildman–Crippen MR) is 75.8 cm³/mol. The summed E-state index contributed by atoms with van der Waals surface area (Å²) in [5.74, 6) is 0.144. The Morgan fingerprint density at radius 3 is 2.76 bits per heavy atom. The van der Waals surface area contributed by atoms with Crippen molar-refractivity contribution in [3.05, 3.63) is 11.7 Å². The van der Waals surface area contributed by atoms with Crippen LogP contribution in [-0.2, 0) is 9.53 Å². The number of ether oxygens (including phenoxy) is 1. The van der Waals surface area contributed by atoms with E-state index in [0.29, 0.717) is 30.7 Å². The quantitative estimate of drug-likeness (QED) is 0.868. The van der Waals surface area contributed by atoms with E-state index in [0.717, 1.165) is 6.42 Å². The fourth-order valence-corrected chi connectivity index (χ4v) is 3.10. The lowest BCUT2D eigenvalue weighted by atomic mass is 9.96. The maximum atomic E-state index is 11.4. The highest BCUT2D eigenvalue weighted by Crippen LogP contribution is 2.42. The van der Waals surface area contributed by atoms with Gasteiger partial charge in [0.15, 0.2) is 0 Å². The molecular weight excluding hydrogens is 272 g/mol. The van der Waals surface area contributed by atoms with Crippen LogP contribution in [-0.4, -0.2) is 27.8 Å². The lowest BCUT2D eigenvalue weighted by Crippen LogP contribution is -2.17. The van der Waals surface area contributed by atoms with Gasteiger partial charge in [-0.15, -0.1) is 0 Å². The number of carbonyl (C=O) groups is 1. The Hall–Kier alpha value is -1.43. The molecule has 6 heteroatoms. The third-order valence-corrected chi connectivity index (χ3v) is 4.10. The lowest BCUT2D eigenvalue weighted by Gasteiger charge is -2.16. The number of rotatable bonds is 6. The zero-order valence-corrected chi connectivity index (χ0v) is 13.1. The molecule has 6 nitrogen and oxygen atoms in total. The van der Waals surface area contributed by atoms with Gasteiger partial charge in [-0.25, -0.2) is 0 Å². The van der Waals surface area contributed by atoms with Gasteiger partial charge in [0.25, 0.3) is 0 Å². The molecule has 1 heterocycles. The number of hydrogen-bond acceptors (Lipinski definition) is 5. The van der Waals surface area contributed by atoms with Crippen LogP contribution in [0.3, 0.4) is 0 Å². The van der Waals surface area contributed by atoms with E-state index < -0.39 is 11.9 Å². The van der Waals surface area contributed by atoms with E-state index in [1.54, 1.807) is 0 Å². The molecule has 4 unspecified atom stereocenters. The smallest absolute Gasteiger partial charge is 0.307 e. The molecule has 1 aliphatic carbocycles. The van der Waals surface area contributed by atoms with Crippen molar-refractivity contribution in [2.45, 2.75) is 52.6 Å². The second-order valence-corrected chi connectivity index (χ2v) is 6.24. The molecule has 0 bridgehead atoms. The molecule has 2 rings (SSSR count). The molecule has 1 fully saturated rings. The number of hydrogen-bond donors (Lipinski definition) is 1. The molecule has 0 amide bonds. The Morgan fingerprint density at radius 1 is 1.48 bits per heavy atom. The van der Waals surface area contributed by atoms with Gasteiger partial charge in [0.1, 0.15) is 6.10 Å². The molecule has 21 heavy (non-hydrogen) atoms. The topological polar surface area (TPSA) is 85.5 Å². The molecule has 0 radical (unpaired) electrons. The van der Waals surface area contributed by atoms with Crippen molar-refractivity contribution < 1.29 is 19.2 Å². The van der Waals surface area contributed by atoms with Gasteiger partial charge < -0.3 is 14.4 Å². The Kier molecular flexibility index (Phi) is 4.98. The number of aliphatic carboxylic acids is 1. The Labute approximate surface area is 124 Å². The number of carboxylic acid groups (broad SMARTS) is 1. The lowest BCUT2D eigenvalue weighted by molar-refractivity contribution is -0.142. The minimum absolute atomic E-state index is 0.187. The minimum atomic E-state index is -0.783. The van der Waals surface area contributed by atoms with Crippen LogP contribution in [0.2, 0.25) is 0 Å². The van der Waals surface area contributed by atoms with Crippen molar-refractivity contribution in [1.82, 2.24) is 10.1 Å². The third kappa shape index (κ3) is 3.43. The van der Waals surface area contributed by atoms with Crippen LogP contribution >= 0.6 is 0 Å². The van der Waals surface area contributed by atoms with Crippen LogP contribution in [0.1, 0.15) is 64.3 Å². The summed E-state index contributed by atoms with van der Waals surface area (Å²) in [4.78, 5) is 15.8. The van der Waals surface area contributed by atoms with Crippen molar-refractivity contribution in [3.8, 4) is 0 Å². The van der Waals surface area contributed by atoms with E-state index in [9.17, 15) is 9.90 Å². The second kappa shape index (κ2) is 6.56. The van der Waals surface area contributed by atoms with E-state index in [4.69, 9.17) is 9.26 Å². The molecule has 1 saturated carbocycles. The fourth-order valence-electron chi connectivity index (χ4n) is 3.10. The minimum Gasteiger partial charge on any atom is -0.481 e. The summed E-state index contributed by atoms with van der Waals surface area (Å²) in [5, 5.41) is 13.4. The zero-order valence-electron chi connectivity index (χ0n) is 13.1. The largest absolute Gasteiger partial charge is 0.481 e. The number of nitrogens with zero attached hydrogens (tertiary/aromatic N) is 2. The van der Waals surface area contributed by atoms with Gasteiger partial charge in [-0.05, 0) is 31.6 Å². The zero-order chi connectivity index (χ0) is 15.6. The number of carboxylic acids is 1. The third-order valence-electron chi connectivity index (χ3n) is 4.10. The fraction of sp³-hybridized carbons (Fsp3) is 0.800. The summed E-state index contributed by atoms with van der Waals surface area (Å²) in [6, 6.07) is 0. The first kappa shape index (κ1) is 15.9. The second-order valence-electron chi connectivity index (χ2n) is 6.24. The molecule has 1 N–H and O–H groups in total. The SMILES string of the molecule is CCOC(c1noc(C2CC(C)CC2C(=O)O)n1)C(C)C. The summed E-state index contributed by atoms with van der Waals surface area (Å²) >= 11 is 0. The number of aromatic nitrogens is 2. The summed E-state index contributed by atoms with van der Waals surface area (Å²) in [5.41, 5.74) is 0. The van der Waals surface area contributed by atoms with Gasteiger partial charge in [0.2, 0.25) is 11.7 Å². The summed E-state index contributed by atoms with van der Waals surface area (Å²) in [6.07, 6.45) is 1.23. The van der Waals surface area contributed by atoms with E-state index >= 15 is 0 Å². The molecule has 1 aromatic rings. The molecule has 118 valence electrons. The van der Waals surface area contributed by atoms with Gasteiger partial charge in [0, 0.05) is 6.61 Å². The molecule has 0 saturated heterocycles. The normalized spacial score (nSPS) is 27.2. The molecule has 1 aromatic heterocycles. The van der Waals surface area contributed by atoms with Crippen LogP contribution in [0.5, 0.6) is 0 Å². The summed E-state index contributed by atoms with van der Waals surface area (Å²) in [7, 11) is 0. The first-order valence-corrected chi connectivity index (χ1v) is 7.61. The maximum absolute atomic E-state index is 11.4. The van der Waals surface area contributed by atoms with Crippen LogP contribution in [0, 0.1) is 17.8 Å². The van der Waals surface area contributed by atoms with Crippen molar-refractivity contribution in [2.24, 2.45) is 17.8 Å². The van der Waals surface area contributed by atoms with Crippen molar-refractivity contribution in [2.75, 3.05) is 6.61 Å². The molecule has 4 atom stereocenters. The Balaban J connectivity index is 2.20. The van der Waals surface area contributed by atoms with Gasteiger partial charge in [-0.2, -0.15) is 4.98 Å². The van der Waals surface area contributed by atoms with Gasteiger partial charge in [0.05, 0.1) is 11.8 Å². The monoisotopic (exact) mass is 296 g/mol. The molecule has 1 aliphatic rings. The van der Waals surface area contributed by atoms with Gasteiger partial charge in [-0.3, -0.25) is 4.79 Å². The molecule has 0 aromatic carbocycles. The highest BCUT2D eigenvalue weighted by Gasteiger charge is 2.41. The Bertz CT molecular complexity index is 486. The molecular formula is C15H24N2O4. The average Bonchev–Trinajstić information content (AvgIpc) is 3.01. The van der Waals surface area contributed by atoms with E-state index in [-0.39, 0.29) is 17.9 Å². The van der Waals surface area contributed by atoms with Crippen molar-refractivity contribution in [3.63, 3.8) is 0 Å². The van der Waals surface area contributed by atoms with E-state index in [1.165, 1.54) is 0 Å². The van der Waals surface area contributed by atoms with Gasteiger partial charge in [-0.1, -0.05) is 25.9 Å². The van der Waals surface area contributed by atoms with Crippen molar-refractivity contribution >= 4 is 5.97 Å². The Morgan fingerprint density at radius 2 is 2.19 bits per heavy atom. The van der Waals surface area contributed by atoms with E-state index in [2.05, 4.69) is 17.1 Å². The first-order valence-electron chi connectivity index (χ1n) is 7.61. The maximum Gasteiger partial charge on any atom is 0.307 e. The van der Waals surface area contributed by atoms with Crippen LogP contribution in [0.15, 0.2) is 4.52 Å². The van der Waals surface area contributed by atoms with Crippen molar-refractivity contribution in [1.29, 1.82) is 0 Å². The predicted octanol–water partition coefficient (Wildman–Crippen LogP) is 3.02. The van der Waals surface area contributed by atoms with Crippen LogP contribution < -0.4 is 0 Å². The van der Waals surface area contributed by atoms with Gasteiger partial charge >= 0.3 is 5.97 Å². The van der Waals surface area contributed by atoms with Crippen LogP contribution in [0.25, 0.3) is 0 Å². The van der Waals surface area contributed by atoms with E-state index in [1.807, 2.05) is 20.8 Å². The summed E-state index contributed by atoms with van der Waals surface area (Å²) < 4.78 is 11.0. The van der Waals surface area contributed by atoms with Crippen LogP contribution in [0.4, 0.5) is 0 Å². The highest BCUT2D eigenvalue weighted by molar-refractivity contribution is 5.71.